The zero-order valence-electron chi connectivity index (χ0n) is 11.1. The monoisotopic (exact) mass is 266 g/mol. The van der Waals surface area contributed by atoms with Crippen molar-refractivity contribution in [2.75, 3.05) is 26.4 Å². The molecule has 0 aromatic heterocycles. The highest BCUT2D eigenvalue weighted by molar-refractivity contribution is 5.78. The third kappa shape index (κ3) is 6.33. The number of benzene rings is 1. The van der Waals surface area contributed by atoms with E-state index in [1.165, 1.54) is 0 Å². The first kappa shape index (κ1) is 15.6. The van der Waals surface area contributed by atoms with Crippen molar-refractivity contribution >= 4 is 5.91 Å². The lowest BCUT2D eigenvalue weighted by molar-refractivity contribution is -0.120. The van der Waals surface area contributed by atoms with E-state index in [1.807, 2.05) is 24.3 Å². The van der Waals surface area contributed by atoms with Gasteiger partial charge < -0.3 is 20.9 Å². The van der Waals surface area contributed by atoms with Crippen LogP contribution in [0.5, 0.6) is 0 Å². The molecule has 0 saturated heterocycles. The maximum Gasteiger partial charge on any atom is 0.224 e. The Kier molecular flexibility index (Phi) is 7.81. The standard InChI is InChI=1S/C14H22N2O3/c15-11-13-5-2-1-4-12(13)10-14(18)16-6-3-8-19-9-7-17/h1-2,4-5,17H,3,6-11,15H2,(H,16,18). The minimum absolute atomic E-state index is 0.0111. The molecule has 0 aliphatic rings. The molecule has 0 atom stereocenters. The zero-order valence-corrected chi connectivity index (χ0v) is 11.1. The number of aliphatic hydroxyl groups excluding tert-OH is 1. The number of nitrogens with one attached hydrogen (secondary N) is 1. The molecule has 5 heteroatoms. The quantitative estimate of drug-likeness (QED) is 0.558. The molecule has 0 aliphatic heterocycles. The minimum atomic E-state index is -0.0111. The molecule has 0 unspecified atom stereocenters. The molecular formula is C14H22N2O3. The third-order valence-corrected chi connectivity index (χ3v) is 2.71. The van der Waals surface area contributed by atoms with Crippen LogP contribution in [0.4, 0.5) is 0 Å². The number of aliphatic hydroxyl groups is 1. The Hall–Kier alpha value is -1.43. The molecule has 0 spiro atoms. The molecule has 19 heavy (non-hydrogen) atoms. The minimum Gasteiger partial charge on any atom is -0.394 e. The second kappa shape index (κ2) is 9.49. The molecule has 0 aliphatic carbocycles. The van der Waals surface area contributed by atoms with Crippen molar-refractivity contribution in [1.82, 2.24) is 5.32 Å². The smallest absolute Gasteiger partial charge is 0.224 e. The van der Waals surface area contributed by atoms with Crippen LogP contribution in [-0.2, 0) is 22.5 Å². The molecular weight excluding hydrogens is 244 g/mol. The van der Waals surface area contributed by atoms with E-state index in [0.29, 0.717) is 32.7 Å². The number of hydrogen-bond acceptors (Lipinski definition) is 4. The van der Waals surface area contributed by atoms with E-state index in [2.05, 4.69) is 5.32 Å². The van der Waals surface area contributed by atoms with E-state index in [1.54, 1.807) is 0 Å². The zero-order chi connectivity index (χ0) is 13.9. The fraction of sp³-hybridized carbons (Fsp3) is 0.500. The van der Waals surface area contributed by atoms with Gasteiger partial charge in [-0.05, 0) is 17.5 Å². The largest absolute Gasteiger partial charge is 0.394 e. The Morgan fingerprint density at radius 2 is 2.00 bits per heavy atom. The average molecular weight is 266 g/mol. The first-order chi connectivity index (χ1) is 9.27. The summed E-state index contributed by atoms with van der Waals surface area (Å²) in [6.07, 6.45) is 1.09. The summed E-state index contributed by atoms with van der Waals surface area (Å²) in [5.41, 5.74) is 7.60. The molecule has 4 N–H and O–H groups in total. The topological polar surface area (TPSA) is 84.6 Å². The van der Waals surface area contributed by atoms with Gasteiger partial charge in [-0.1, -0.05) is 24.3 Å². The lowest BCUT2D eigenvalue weighted by atomic mass is 10.0. The van der Waals surface area contributed by atoms with E-state index >= 15 is 0 Å². The highest BCUT2D eigenvalue weighted by Gasteiger charge is 2.06. The summed E-state index contributed by atoms with van der Waals surface area (Å²) in [6, 6.07) is 7.68. The van der Waals surface area contributed by atoms with Crippen molar-refractivity contribution in [3.05, 3.63) is 35.4 Å². The molecule has 1 aromatic carbocycles. The van der Waals surface area contributed by atoms with Crippen LogP contribution in [0.3, 0.4) is 0 Å². The van der Waals surface area contributed by atoms with Crippen LogP contribution in [-0.4, -0.2) is 37.4 Å². The SMILES string of the molecule is NCc1ccccc1CC(=O)NCCCOCCO. The number of ether oxygens (including phenoxy) is 1. The summed E-state index contributed by atoms with van der Waals surface area (Å²) in [7, 11) is 0. The molecule has 106 valence electrons. The van der Waals surface area contributed by atoms with Gasteiger partial charge in [0, 0.05) is 19.7 Å². The summed E-state index contributed by atoms with van der Waals surface area (Å²) in [6.45, 7) is 1.94. The average Bonchev–Trinajstić information content (AvgIpc) is 2.43. The van der Waals surface area contributed by atoms with Crippen molar-refractivity contribution in [3.63, 3.8) is 0 Å². The van der Waals surface area contributed by atoms with Crippen molar-refractivity contribution < 1.29 is 14.6 Å². The molecule has 0 saturated carbocycles. The molecule has 0 fully saturated rings. The molecule has 1 amide bonds. The normalized spacial score (nSPS) is 10.4. The van der Waals surface area contributed by atoms with E-state index in [9.17, 15) is 4.79 Å². The Balaban J connectivity index is 2.23. The van der Waals surface area contributed by atoms with Gasteiger partial charge in [0.2, 0.25) is 5.91 Å². The van der Waals surface area contributed by atoms with Crippen LogP contribution in [0.15, 0.2) is 24.3 Å². The second-order valence-corrected chi connectivity index (χ2v) is 4.19. The molecule has 1 rings (SSSR count). The number of carbonyl (C=O) groups excluding carboxylic acids is 1. The van der Waals surface area contributed by atoms with Crippen molar-refractivity contribution in [2.24, 2.45) is 5.73 Å². The number of rotatable bonds is 9. The van der Waals surface area contributed by atoms with E-state index < -0.39 is 0 Å². The summed E-state index contributed by atoms with van der Waals surface area (Å²) in [5.74, 6) is -0.0111. The van der Waals surface area contributed by atoms with E-state index in [-0.39, 0.29) is 12.5 Å². The Bertz CT molecular complexity index is 383. The lowest BCUT2D eigenvalue weighted by Gasteiger charge is -2.08. The summed E-state index contributed by atoms with van der Waals surface area (Å²) >= 11 is 0. The lowest BCUT2D eigenvalue weighted by Crippen LogP contribution is -2.27. The predicted octanol–water partition coefficient (Wildman–Crippen LogP) is 0.203. The fourth-order valence-electron chi connectivity index (χ4n) is 1.73. The van der Waals surface area contributed by atoms with Gasteiger partial charge in [0.25, 0.3) is 0 Å². The van der Waals surface area contributed by atoms with Crippen molar-refractivity contribution in [1.29, 1.82) is 0 Å². The maximum absolute atomic E-state index is 11.7. The van der Waals surface area contributed by atoms with Crippen LogP contribution in [0.1, 0.15) is 17.5 Å². The van der Waals surface area contributed by atoms with Gasteiger partial charge >= 0.3 is 0 Å². The number of carbonyl (C=O) groups is 1. The summed E-state index contributed by atoms with van der Waals surface area (Å²) < 4.78 is 5.10. The highest BCUT2D eigenvalue weighted by atomic mass is 16.5. The van der Waals surface area contributed by atoms with Gasteiger partial charge in [0.1, 0.15) is 0 Å². The number of hydrogen-bond donors (Lipinski definition) is 3. The fourth-order valence-corrected chi connectivity index (χ4v) is 1.73. The maximum atomic E-state index is 11.7. The van der Waals surface area contributed by atoms with Crippen LogP contribution < -0.4 is 11.1 Å². The van der Waals surface area contributed by atoms with Crippen LogP contribution >= 0.6 is 0 Å². The Morgan fingerprint density at radius 3 is 2.68 bits per heavy atom. The number of nitrogens with two attached hydrogens (primary N) is 1. The van der Waals surface area contributed by atoms with Gasteiger partial charge in [-0.15, -0.1) is 0 Å². The Labute approximate surface area is 113 Å². The molecule has 0 radical (unpaired) electrons. The van der Waals surface area contributed by atoms with Gasteiger partial charge in [0.05, 0.1) is 19.6 Å². The van der Waals surface area contributed by atoms with E-state index in [4.69, 9.17) is 15.6 Å². The second-order valence-electron chi connectivity index (χ2n) is 4.19. The molecule has 0 bridgehead atoms. The van der Waals surface area contributed by atoms with Crippen LogP contribution in [0, 0.1) is 0 Å². The summed E-state index contributed by atoms with van der Waals surface area (Å²) in [5, 5.41) is 11.4. The third-order valence-electron chi connectivity index (χ3n) is 2.71. The number of amides is 1. The molecule has 0 heterocycles. The van der Waals surface area contributed by atoms with Crippen LogP contribution in [0.25, 0.3) is 0 Å². The Morgan fingerprint density at radius 1 is 1.26 bits per heavy atom. The predicted molar refractivity (Wildman–Crippen MR) is 73.6 cm³/mol. The summed E-state index contributed by atoms with van der Waals surface area (Å²) in [4.78, 5) is 11.7. The first-order valence-corrected chi connectivity index (χ1v) is 6.50. The van der Waals surface area contributed by atoms with Crippen LogP contribution in [0.2, 0.25) is 0 Å². The first-order valence-electron chi connectivity index (χ1n) is 6.50. The van der Waals surface area contributed by atoms with Gasteiger partial charge in [-0.2, -0.15) is 0 Å². The van der Waals surface area contributed by atoms with Gasteiger partial charge in [-0.25, -0.2) is 0 Å². The molecule has 5 nitrogen and oxygen atoms in total. The highest BCUT2D eigenvalue weighted by Crippen LogP contribution is 2.08. The molecule has 1 aromatic rings. The van der Waals surface area contributed by atoms with Crippen molar-refractivity contribution in [2.45, 2.75) is 19.4 Å². The van der Waals surface area contributed by atoms with Gasteiger partial charge in [-0.3, -0.25) is 4.79 Å². The van der Waals surface area contributed by atoms with Gasteiger partial charge in [0.15, 0.2) is 0 Å². The van der Waals surface area contributed by atoms with Crippen molar-refractivity contribution in [3.8, 4) is 0 Å². The van der Waals surface area contributed by atoms with E-state index in [0.717, 1.165) is 17.5 Å².